The highest BCUT2D eigenvalue weighted by Crippen LogP contribution is 2.21. The number of benzene rings is 1. The molecule has 1 aromatic carbocycles. The van der Waals surface area contributed by atoms with Crippen LogP contribution in [0.25, 0.3) is 11.5 Å². The van der Waals surface area contributed by atoms with E-state index in [0.717, 1.165) is 18.4 Å². The van der Waals surface area contributed by atoms with Crippen molar-refractivity contribution in [3.63, 3.8) is 0 Å². The summed E-state index contributed by atoms with van der Waals surface area (Å²) in [7, 11) is 0. The highest BCUT2D eigenvalue weighted by molar-refractivity contribution is 5.72. The van der Waals surface area contributed by atoms with Gasteiger partial charge in [0.2, 0.25) is 5.89 Å². The van der Waals surface area contributed by atoms with E-state index in [1.807, 2.05) is 49.4 Å². The number of ether oxygens (including phenoxy) is 1. The minimum atomic E-state index is -0.286. The molecular formula is C20H20N2O3. The summed E-state index contributed by atoms with van der Waals surface area (Å²) in [6.45, 7) is 2.20. The molecule has 0 fully saturated rings. The predicted octanol–water partition coefficient (Wildman–Crippen LogP) is 3.76. The fourth-order valence-electron chi connectivity index (χ4n) is 2.50. The van der Waals surface area contributed by atoms with Gasteiger partial charge in [-0.3, -0.25) is 9.78 Å². The first-order valence-corrected chi connectivity index (χ1v) is 8.28. The van der Waals surface area contributed by atoms with Crippen LogP contribution in [-0.4, -0.2) is 22.5 Å². The SMILES string of the molecule is Cc1oc(-c2ccccc2)nc1CC(=O)OCCCc1ccncc1. The Bertz CT molecular complexity index is 813. The minimum absolute atomic E-state index is 0.122. The van der Waals surface area contributed by atoms with Gasteiger partial charge in [0.05, 0.1) is 18.7 Å². The van der Waals surface area contributed by atoms with Crippen molar-refractivity contribution in [1.29, 1.82) is 0 Å². The molecule has 0 bridgehead atoms. The Morgan fingerprint density at radius 3 is 2.64 bits per heavy atom. The fraction of sp³-hybridized carbons (Fsp3) is 0.250. The summed E-state index contributed by atoms with van der Waals surface area (Å²) in [6, 6.07) is 13.6. The second-order valence-corrected chi connectivity index (χ2v) is 5.74. The van der Waals surface area contributed by atoms with Gasteiger partial charge in [-0.1, -0.05) is 18.2 Å². The van der Waals surface area contributed by atoms with Crippen LogP contribution in [0.4, 0.5) is 0 Å². The van der Waals surface area contributed by atoms with Crippen LogP contribution in [0, 0.1) is 6.92 Å². The molecule has 2 heterocycles. The predicted molar refractivity (Wildman–Crippen MR) is 93.9 cm³/mol. The molecule has 5 heteroatoms. The van der Waals surface area contributed by atoms with Gasteiger partial charge < -0.3 is 9.15 Å². The van der Waals surface area contributed by atoms with Crippen LogP contribution in [0.15, 0.2) is 59.3 Å². The molecule has 3 aromatic rings. The van der Waals surface area contributed by atoms with Gasteiger partial charge in [0.25, 0.3) is 0 Å². The average Bonchev–Trinajstić information content (AvgIpc) is 3.01. The largest absolute Gasteiger partial charge is 0.465 e. The molecule has 128 valence electrons. The van der Waals surface area contributed by atoms with Crippen molar-refractivity contribution in [1.82, 2.24) is 9.97 Å². The van der Waals surface area contributed by atoms with E-state index in [9.17, 15) is 4.79 Å². The zero-order chi connectivity index (χ0) is 17.5. The molecule has 0 atom stereocenters. The van der Waals surface area contributed by atoms with Crippen LogP contribution >= 0.6 is 0 Å². The number of aromatic nitrogens is 2. The number of nitrogens with zero attached hydrogens (tertiary/aromatic N) is 2. The molecule has 3 rings (SSSR count). The Morgan fingerprint density at radius 1 is 1.12 bits per heavy atom. The molecule has 2 aromatic heterocycles. The molecule has 0 unspecified atom stereocenters. The number of esters is 1. The summed E-state index contributed by atoms with van der Waals surface area (Å²) in [5.74, 6) is 0.886. The lowest BCUT2D eigenvalue weighted by Gasteiger charge is -2.04. The van der Waals surface area contributed by atoms with Crippen LogP contribution in [0.2, 0.25) is 0 Å². The van der Waals surface area contributed by atoms with Gasteiger partial charge in [0.1, 0.15) is 5.76 Å². The van der Waals surface area contributed by atoms with Crippen LogP contribution in [-0.2, 0) is 22.4 Å². The second-order valence-electron chi connectivity index (χ2n) is 5.74. The number of oxazole rings is 1. The van der Waals surface area contributed by atoms with E-state index in [1.165, 1.54) is 5.56 Å². The van der Waals surface area contributed by atoms with Gasteiger partial charge in [0.15, 0.2) is 0 Å². The standard InChI is InChI=1S/C20H20N2O3/c1-15-18(22-20(25-15)17-7-3-2-4-8-17)14-19(23)24-13-5-6-16-9-11-21-12-10-16/h2-4,7-12H,5-6,13-14H2,1H3. The monoisotopic (exact) mass is 336 g/mol. The summed E-state index contributed by atoms with van der Waals surface area (Å²) in [6.07, 6.45) is 5.29. The lowest BCUT2D eigenvalue weighted by molar-refractivity contribution is -0.143. The summed E-state index contributed by atoms with van der Waals surface area (Å²) in [5, 5.41) is 0. The number of hydrogen-bond donors (Lipinski definition) is 0. The van der Waals surface area contributed by atoms with Gasteiger partial charge >= 0.3 is 5.97 Å². The quantitative estimate of drug-likeness (QED) is 0.485. The zero-order valence-electron chi connectivity index (χ0n) is 14.1. The molecule has 25 heavy (non-hydrogen) atoms. The number of hydrogen-bond acceptors (Lipinski definition) is 5. The van der Waals surface area contributed by atoms with E-state index in [-0.39, 0.29) is 12.4 Å². The molecule has 0 saturated carbocycles. The molecular weight excluding hydrogens is 316 g/mol. The average molecular weight is 336 g/mol. The van der Waals surface area contributed by atoms with Crippen LogP contribution in [0.5, 0.6) is 0 Å². The van der Waals surface area contributed by atoms with E-state index in [1.54, 1.807) is 12.4 Å². The first kappa shape index (κ1) is 16.9. The van der Waals surface area contributed by atoms with Crippen molar-refractivity contribution in [2.75, 3.05) is 6.61 Å². The molecule has 0 saturated heterocycles. The molecule has 0 aliphatic carbocycles. The normalized spacial score (nSPS) is 10.6. The zero-order valence-corrected chi connectivity index (χ0v) is 14.1. The number of aryl methyl sites for hydroxylation is 2. The van der Waals surface area contributed by atoms with E-state index in [4.69, 9.17) is 9.15 Å². The molecule has 0 amide bonds. The molecule has 0 radical (unpaired) electrons. The van der Waals surface area contributed by atoms with Crippen molar-refractivity contribution in [2.45, 2.75) is 26.2 Å². The number of carbonyl (C=O) groups excluding carboxylic acids is 1. The van der Waals surface area contributed by atoms with Crippen LogP contribution in [0.3, 0.4) is 0 Å². The van der Waals surface area contributed by atoms with Crippen molar-refractivity contribution in [2.24, 2.45) is 0 Å². The first-order valence-electron chi connectivity index (χ1n) is 8.28. The highest BCUT2D eigenvalue weighted by Gasteiger charge is 2.15. The maximum atomic E-state index is 12.0. The van der Waals surface area contributed by atoms with Gasteiger partial charge in [-0.25, -0.2) is 4.98 Å². The smallest absolute Gasteiger partial charge is 0.312 e. The third-order valence-corrected chi connectivity index (χ3v) is 3.85. The number of rotatable bonds is 7. The lowest BCUT2D eigenvalue weighted by Crippen LogP contribution is -2.10. The first-order chi connectivity index (χ1) is 12.2. The Balaban J connectivity index is 1.49. The van der Waals surface area contributed by atoms with Gasteiger partial charge in [-0.05, 0) is 49.6 Å². The number of carbonyl (C=O) groups is 1. The molecule has 0 aliphatic rings. The topological polar surface area (TPSA) is 65.2 Å². The van der Waals surface area contributed by atoms with E-state index < -0.39 is 0 Å². The van der Waals surface area contributed by atoms with Crippen LogP contribution in [0.1, 0.15) is 23.4 Å². The molecule has 0 N–H and O–H groups in total. The second kappa shape index (κ2) is 8.24. The van der Waals surface area contributed by atoms with Crippen LogP contribution < -0.4 is 0 Å². The molecule has 0 aliphatic heterocycles. The fourth-order valence-corrected chi connectivity index (χ4v) is 2.50. The molecule has 0 spiro atoms. The number of pyridine rings is 1. The summed E-state index contributed by atoms with van der Waals surface area (Å²) in [4.78, 5) is 20.4. The van der Waals surface area contributed by atoms with Crippen molar-refractivity contribution in [3.05, 3.63) is 71.9 Å². The lowest BCUT2D eigenvalue weighted by atomic mass is 10.1. The Hall–Kier alpha value is -2.95. The van der Waals surface area contributed by atoms with Crippen molar-refractivity contribution < 1.29 is 13.9 Å². The Morgan fingerprint density at radius 2 is 1.88 bits per heavy atom. The van der Waals surface area contributed by atoms with Crippen molar-refractivity contribution in [3.8, 4) is 11.5 Å². The Kier molecular flexibility index (Phi) is 5.57. The minimum Gasteiger partial charge on any atom is -0.465 e. The highest BCUT2D eigenvalue weighted by atomic mass is 16.5. The summed E-state index contributed by atoms with van der Waals surface area (Å²) in [5.41, 5.74) is 2.70. The van der Waals surface area contributed by atoms with Gasteiger partial charge in [-0.2, -0.15) is 0 Å². The summed E-state index contributed by atoms with van der Waals surface area (Å²) >= 11 is 0. The molecule has 5 nitrogen and oxygen atoms in total. The Labute approximate surface area is 146 Å². The third-order valence-electron chi connectivity index (χ3n) is 3.85. The van der Waals surface area contributed by atoms with Crippen molar-refractivity contribution >= 4 is 5.97 Å². The van der Waals surface area contributed by atoms with E-state index in [2.05, 4.69) is 9.97 Å². The maximum absolute atomic E-state index is 12.0. The van der Waals surface area contributed by atoms with Gasteiger partial charge in [0, 0.05) is 18.0 Å². The summed E-state index contributed by atoms with van der Waals surface area (Å²) < 4.78 is 11.0. The van der Waals surface area contributed by atoms with Gasteiger partial charge in [-0.15, -0.1) is 0 Å². The maximum Gasteiger partial charge on any atom is 0.312 e. The van der Waals surface area contributed by atoms with E-state index >= 15 is 0 Å². The van der Waals surface area contributed by atoms with E-state index in [0.29, 0.717) is 24.0 Å². The third kappa shape index (κ3) is 4.76.